The van der Waals surface area contributed by atoms with Crippen LogP contribution in [0.2, 0.25) is 0 Å². The quantitative estimate of drug-likeness (QED) is 0.739. The topological polar surface area (TPSA) is 36.7 Å². The van der Waals surface area contributed by atoms with Crippen LogP contribution in [0.15, 0.2) is 42.6 Å². The molecule has 0 bridgehead atoms. The number of benzene rings is 1. The van der Waals surface area contributed by atoms with E-state index in [1.54, 1.807) is 12.3 Å². The monoisotopic (exact) mass is 250 g/mol. The minimum Gasteiger partial charge on any atom is -0.245 e. The molecule has 0 radical (unpaired) electrons. The van der Waals surface area contributed by atoms with Gasteiger partial charge in [-0.25, -0.2) is 4.98 Å². The van der Waals surface area contributed by atoms with Crippen molar-refractivity contribution in [3.63, 3.8) is 0 Å². The van der Waals surface area contributed by atoms with Crippen LogP contribution in [0.1, 0.15) is 37.4 Å². The Hall–Kier alpha value is -2.14. The second-order valence-corrected chi connectivity index (χ2v) is 4.70. The summed E-state index contributed by atoms with van der Waals surface area (Å²) < 4.78 is 0. The maximum absolute atomic E-state index is 8.73. The molecule has 0 unspecified atom stereocenters. The highest BCUT2D eigenvalue weighted by molar-refractivity contribution is 5.63. The third-order valence-corrected chi connectivity index (χ3v) is 3.23. The van der Waals surface area contributed by atoms with Crippen molar-refractivity contribution >= 4 is 0 Å². The molecule has 0 atom stereocenters. The summed E-state index contributed by atoms with van der Waals surface area (Å²) in [4.78, 5) is 4.10. The first kappa shape index (κ1) is 13.3. The molecule has 2 aromatic rings. The van der Waals surface area contributed by atoms with E-state index >= 15 is 0 Å². The van der Waals surface area contributed by atoms with Crippen LogP contribution in [-0.4, -0.2) is 4.98 Å². The van der Waals surface area contributed by atoms with Crippen molar-refractivity contribution in [2.75, 3.05) is 0 Å². The summed E-state index contributed by atoms with van der Waals surface area (Å²) in [6.45, 7) is 2.22. The van der Waals surface area contributed by atoms with Crippen LogP contribution in [-0.2, 0) is 6.42 Å². The zero-order valence-corrected chi connectivity index (χ0v) is 11.3. The highest BCUT2D eigenvalue weighted by atomic mass is 14.7. The fourth-order valence-corrected chi connectivity index (χ4v) is 2.07. The minimum atomic E-state index is 0.458. The lowest BCUT2D eigenvalue weighted by Crippen LogP contribution is -1.87. The molecule has 0 spiro atoms. The van der Waals surface area contributed by atoms with Crippen LogP contribution >= 0.6 is 0 Å². The van der Waals surface area contributed by atoms with E-state index in [1.165, 1.54) is 24.8 Å². The van der Waals surface area contributed by atoms with Crippen LogP contribution in [0.5, 0.6) is 0 Å². The van der Waals surface area contributed by atoms with E-state index in [0.717, 1.165) is 17.5 Å². The van der Waals surface area contributed by atoms with Gasteiger partial charge in [0, 0.05) is 11.8 Å². The molecule has 0 aliphatic carbocycles. The Morgan fingerprint density at radius 2 is 1.74 bits per heavy atom. The van der Waals surface area contributed by atoms with E-state index in [-0.39, 0.29) is 0 Å². The molecule has 2 heteroatoms. The molecule has 0 amide bonds. The standard InChI is InChI=1S/C17H18N2/c1-2-3-4-5-14-6-8-15(9-7-14)16-10-11-17(12-18)19-13-16/h6-11,13H,2-5H2,1H3. The highest BCUT2D eigenvalue weighted by Crippen LogP contribution is 2.19. The van der Waals surface area contributed by atoms with Crippen molar-refractivity contribution in [3.8, 4) is 17.2 Å². The van der Waals surface area contributed by atoms with Gasteiger partial charge < -0.3 is 0 Å². The Labute approximate surface area is 114 Å². The van der Waals surface area contributed by atoms with Gasteiger partial charge in [-0.05, 0) is 36.1 Å². The van der Waals surface area contributed by atoms with E-state index in [9.17, 15) is 0 Å². The first-order valence-corrected chi connectivity index (χ1v) is 6.79. The van der Waals surface area contributed by atoms with Crippen LogP contribution in [0, 0.1) is 11.3 Å². The lowest BCUT2D eigenvalue weighted by Gasteiger charge is -2.04. The number of pyridine rings is 1. The van der Waals surface area contributed by atoms with E-state index in [1.807, 2.05) is 12.1 Å². The van der Waals surface area contributed by atoms with Crippen LogP contribution in [0.4, 0.5) is 0 Å². The molecule has 19 heavy (non-hydrogen) atoms. The second kappa shape index (κ2) is 6.70. The molecule has 2 nitrogen and oxygen atoms in total. The van der Waals surface area contributed by atoms with E-state index in [2.05, 4.69) is 36.2 Å². The normalized spacial score (nSPS) is 10.1. The van der Waals surface area contributed by atoms with Crippen molar-refractivity contribution in [1.29, 1.82) is 5.26 Å². The fourth-order valence-electron chi connectivity index (χ4n) is 2.07. The van der Waals surface area contributed by atoms with Gasteiger partial charge in [0.2, 0.25) is 0 Å². The van der Waals surface area contributed by atoms with Gasteiger partial charge in [0.1, 0.15) is 11.8 Å². The van der Waals surface area contributed by atoms with E-state index < -0.39 is 0 Å². The third kappa shape index (κ3) is 3.66. The molecule has 0 fully saturated rings. The molecule has 0 aliphatic heterocycles. The van der Waals surface area contributed by atoms with Crippen LogP contribution in [0.3, 0.4) is 0 Å². The van der Waals surface area contributed by atoms with Gasteiger partial charge in [0.25, 0.3) is 0 Å². The Bertz CT molecular complexity index is 547. The summed E-state index contributed by atoms with van der Waals surface area (Å²) in [5.41, 5.74) is 4.05. The number of rotatable bonds is 5. The maximum atomic E-state index is 8.73. The van der Waals surface area contributed by atoms with E-state index in [0.29, 0.717) is 5.69 Å². The Morgan fingerprint density at radius 1 is 1.00 bits per heavy atom. The first-order valence-electron chi connectivity index (χ1n) is 6.79. The molecule has 1 aromatic carbocycles. The highest BCUT2D eigenvalue weighted by Gasteiger charge is 1.99. The fraction of sp³-hybridized carbons (Fsp3) is 0.294. The molecule has 0 N–H and O–H groups in total. The van der Waals surface area contributed by atoms with Crippen molar-refractivity contribution in [2.45, 2.75) is 32.6 Å². The van der Waals surface area contributed by atoms with Gasteiger partial charge >= 0.3 is 0 Å². The largest absolute Gasteiger partial charge is 0.245 e. The Morgan fingerprint density at radius 3 is 2.32 bits per heavy atom. The van der Waals surface area contributed by atoms with Crippen molar-refractivity contribution in [1.82, 2.24) is 4.98 Å². The summed E-state index contributed by atoms with van der Waals surface area (Å²) in [5.74, 6) is 0. The minimum absolute atomic E-state index is 0.458. The molecular weight excluding hydrogens is 232 g/mol. The van der Waals surface area contributed by atoms with Crippen molar-refractivity contribution in [2.24, 2.45) is 0 Å². The molecule has 1 heterocycles. The van der Waals surface area contributed by atoms with Gasteiger partial charge in [-0.1, -0.05) is 44.0 Å². The smallest absolute Gasteiger partial charge is 0.140 e. The third-order valence-electron chi connectivity index (χ3n) is 3.23. The van der Waals surface area contributed by atoms with Gasteiger partial charge in [-0.2, -0.15) is 5.26 Å². The van der Waals surface area contributed by atoms with Gasteiger partial charge in [-0.15, -0.1) is 0 Å². The number of nitriles is 1. The first-order chi connectivity index (χ1) is 9.33. The summed E-state index contributed by atoms with van der Waals surface area (Å²) in [7, 11) is 0. The molecule has 0 saturated heterocycles. The van der Waals surface area contributed by atoms with Gasteiger partial charge in [0.15, 0.2) is 0 Å². The lowest BCUT2D eigenvalue weighted by molar-refractivity contribution is 0.717. The molecule has 0 saturated carbocycles. The van der Waals surface area contributed by atoms with Gasteiger partial charge in [0.05, 0.1) is 0 Å². The average Bonchev–Trinajstić information content (AvgIpc) is 2.48. The zero-order chi connectivity index (χ0) is 13.5. The summed E-state index contributed by atoms with van der Waals surface area (Å²) >= 11 is 0. The van der Waals surface area contributed by atoms with E-state index in [4.69, 9.17) is 5.26 Å². The predicted octanol–water partition coefficient (Wildman–Crippen LogP) is 4.35. The SMILES string of the molecule is CCCCCc1ccc(-c2ccc(C#N)nc2)cc1. The van der Waals surface area contributed by atoms with Crippen LogP contribution in [0.25, 0.3) is 11.1 Å². The Kier molecular flexibility index (Phi) is 4.69. The number of aryl methyl sites for hydroxylation is 1. The number of hydrogen-bond donors (Lipinski definition) is 0. The van der Waals surface area contributed by atoms with Crippen molar-refractivity contribution in [3.05, 3.63) is 53.9 Å². The number of unbranched alkanes of at least 4 members (excludes halogenated alkanes) is 2. The summed E-state index contributed by atoms with van der Waals surface area (Å²) in [6.07, 6.45) is 6.72. The van der Waals surface area contributed by atoms with Gasteiger partial charge in [-0.3, -0.25) is 0 Å². The van der Waals surface area contributed by atoms with Crippen molar-refractivity contribution < 1.29 is 0 Å². The molecule has 2 rings (SSSR count). The zero-order valence-electron chi connectivity index (χ0n) is 11.3. The lowest BCUT2D eigenvalue weighted by atomic mass is 10.0. The summed E-state index contributed by atoms with van der Waals surface area (Å²) in [5, 5.41) is 8.73. The average molecular weight is 250 g/mol. The second-order valence-electron chi connectivity index (χ2n) is 4.70. The molecular formula is C17H18N2. The molecule has 0 aliphatic rings. The Balaban J connectivity index is 2.07. The number of aromatic nitrogens is 1. The summed E-state index contributed by atoms with van der Waals surface area (Å²) in [6, 6.07) is 14.4. The molecule has 1 aromatic heterocycles. The maximum Gasteiger partial charge on any atom is 0.140 e. The molecule has 96 valence electrons. The number of hydrogen-bond acceptors (Lipinski definition) is 2. The van der Waals surface area contributed by atoms with Crippen LogP contribution < -0.4 is 0 Å². The number of nitrogens with zero attached hydrogens (tertiary/aromatic N) is 2. The predicted molar refractivity (Wildman–Crippen MR) is 77.6 cm³/mol.